The minimum atomic E-state index is -4.08. The maximum absolute atomic E-state index is 12.6. The van der Waals surface area contributed by atoms with Crippen LogP contribution < -0.4 is 10.6 Å². The molecule has 0 aliphatic rings. The van der Waals surface area contributed by atoms with Crippen molar-refractivity contribution in [2.45, 2.75) is 19.3 Å². The van der Waals surface area contributed by atoms with Crippen LogP contribution in [0.1, 0.15) is 6.92 Å². The van der Waals surface area contributed by atoms with Crippen LogP contribution in [-0.4, -0.2) is 35.4 Å². The molecule has 1 aromatic heterocycles. The minimum Gasteiger partial charge on any atom is -0.370 e. The molecule has 0 spiro atoms. The molecule has 0 amide bonds. The molecule has 0 radical (unpaired) electrons. The second kappa shape index (κ2) is 5.65. The van der Waals surface area contributed by atoms with Crippen molar-refractivity contribution in [3.8, 4) is 0 Å². The van der Waals surface area contributed by atoms with Crippen molar-refractivity contribution >= 4 is 11.6 Å². The number of rotatable bonds is 6. The van der Waals surface area contributed by atoms with Crippen LogP contribution in [0.2, 0.25) is 0 Å². The van der Waals surface area contributed by atoms with E-state index in [2.05, 4.69) is 20.6 Å². The first kappa shape index (κ1) is 13.5. The molecule has 4 nitrogen and oxygen atoms in total. The van der Waals surface area contributed by atoms with E-state index in [1.54, 1.807) is 0 Å². The monoisotopic (exact) mass is 252 g/mol. The Balaban J connectivity index is 2.60. The van der Waals surface area contributed by atoms with E-state index in [-0.39, 0.29) is 5.82 Å². The fourth-order valence-electron chi connectivity index (χ4n) is 1.02. The van der Waals surface area contributed by atoms with Gasteiger partial charge in [0.15, 0.2) is 0 Å². The molecule has 0 aliphatic carbocycles. The summed E-state index contributed by atoms with van der Waals surface area (Å²) in [5.41, 5.74) is 0. The molecule has 0 bridgehead atoms. The van der Waals surface area contributed by atoms with E-state index in [4.69, 9.17) is 0 Å². The second-order valence-electron chi connectivity index (χ2n) is 3.23. The van der Waals surface area contributed by atoms with E-state index in [9.17, 15) is 17.6 Å². The third kappa shape index (κ3) is 4.04. The summed E-state index contributed by atoms with van der Waals surface area (Å²) in [4.78, 5) is 7.45. The highest BCUT2D eigenvalue weighted by atomic mass is 19.3. The van der Waals surface area contributed by atoms with Gasteiger partial charge in [0.05, 0.1) is 6.54 Å². The largest absolute Gasteiger partial charge is 0.370 e. The molecule has 96 valence electrons. The van der Waals surface area contributed by atoms with E-state index in [1.165, 1.54) is 6.07 Å². The molecule has 1 rings (SSSR count). The van der Waals surface area contributed by atoms with E-state index < -0.39 is 18.9 Å². The first-order chi connectivity index (χ1) is 7.95. The Morgan fingerprint density at radius 1 is 1.24 bits per heavy atom. The normalized spacial score (nSPS) is 11.6. The van der Waals surface area contributed by atoms with Crippen molar-refractivity contribution in [2.24, 2.45) is 0 Å². The van der Waals surface area contributed by atoms with Crippen LogP contribution in [0.4, 0.5) is 29.2 Å². The molecule has 2 N–H and O–H groups in total. The molecular formula is C9H12F4N4. The van der Waals surface area contributed by atoms with Crippen LogP contribution in [0.3, 0.4) is 0 Å². The fraction of sp³-hybridized carbons (Fsp3) is 0.556. The van der Waals surface area contributed by atoms with Gasteiger partial charge in [-0.2, -0.15) is 8.78 Å². The van der Waals surface area contributed by atoms with Gasteiger partial charge in [0, 0.05) is 12.6 Å². The number of alkyl halides is 4. The quantitative estimate of drug-likeness (QED) is 0.762. The van der Waals surface area contributed by atoms with Crippen molar-refractivity contribution in [1.29, 1.82) is 0 Å². The average molecular weight is 252 g/mol. The topological polar surface area (TPSA) is 49.8 Å². The van der Waals surface area contributed by atoms with Crippen molar-refractivity contribution in [1.82, 2.24) is 9.97 Å². The third-order valence-corrected chi connectivity index (χ3v) is 1.85. The number of aromatic nitrogens is 2. The molecule has 17 heavy (non-hydrogen) atoms. The maximum Gasteiger partial charge on any atom is 0.324 e. The molecule has 0 unspecified atom stereocenters. The number of hydrogen-bond donors (Lipinski definition) is 2. The van der Waals surface area contributed by atoms with E-state index in [1.807, 2.05) is 6.92 Å². The number of hydrogen-bond acceptors (Lipinski definition) is 4. The van der Waals surface area contributed by atoms with Gasteiger partial charge in [0.2, 0.25) is 0 Å². The van der Waals surface area contributed by atoms with E-state index in [0.717, 1.165) is 6.33 Å². The van der Waals surface area contributed by atoms with Gasteiger partial charge in [-0.3, -0.25) is 0 Å². The Morgan fingerprint density at radius 2 is 1.82 bits per heavy atom. The summed E-state index contributed by atoms with van der Waals surface area (Å²) < 4.78 is 49.0. The van der Waals surface area contributed by atoms with Crippen molar-refractivity contribution in [3.63, 3.8) is 0 Å². The van der Waals surface area contributed by atoms with Gasteiger partial charge in [0.1, 0.15) is 18.0 Å². The standard InChI is InChI=1S/C9H12F4N4/c1-2-14-6-3-7(17-5-16-6)15-4-9(12,13)8(10)11/h3,5,8H,2,4H2,1H3,(H2,14,15,16,17). The summed E-state index contributed by atoms with van der Waals surface area (Å²) in [7, 11) is 0. The Bertz CT molecular complexity index is 359. The number of nitrogens with one attached hydrogen (secondary N) is 2. The Hall–Kier alpha value is -1.60. The smallest absolute Gasteiger partial charge is 0.324 e. The molecule has 1 heterocycles. The number of anilines is 2. The van der Waals surface area contributed by atoms with Crippen LogP contribution in [0.25, 0.3) is 0 Å². The molecule has 1 aromatic rings. The molecule has 0 saturated heterocycles. The lowest BCUT2D eigenvalue weighted by molar-refractivity contribution is -0.117. The minimum absolute atomic E-state index is 0.0660. The summed E-state index contributed by atoms with van der Waals surface area (Å²) in [5.74, 6) is -3.58. The van der Waals surface area contributed by atoms with Crippen LogP contribution in [0.15, 0.2) is 12.4 Å². The second-order valence-corrected chi connectivity index (χ2v) is 3.23. The van der Waals surface area contributed by atoms with Crippen LogP contribution >= 0.6 is 0 Å². The Morgan fingerprint density at radius 3 is 2.35 bits per heavy atom. The fourth-order valence-corrected chi connectivity index (χ4v) is 1.02. The zero-order chi connectivity index (χ0) is 12.9. The van der Waals surface area contributed by atoms with Gasteiger partial charge >= 0.3 is 12.3 Å². The van der Waals surface area contributed by atoms with Gasteiger partial charge in [-0.15, -0.1) is 0 Å². The highest BCUT2D eigenvalue weighted by Gasteiger charge is 2.40. The van der Waals surface area contributed by atoms with Crippen LogP contribution in [0.5, 0.6) is 0 Å². The Kier molecular flexibility index (Phi) is 4.47. The SMILES string of the molecule is CCNc1cc(NCC(F)(F)C(F)F)ncn1. The van der Waals surface area contributed by atoms with Gasteiger partial charge in [0.25, 0.3) is 0 Å². The lowest BCUT2D eigenvalue weighted by atomic mass is 10.3. The first-order valence-corrected chi connectivity index (χ1v) is 4.91. The van der Waals surface area contributed by atoms with Gasteiger partial charge in [-0.05, 0) is 6.92 Å². The van der Waals surface area contributed by atoms with Gasteiger partial charge < -0.3 is 10.6 Å². The maximum atomic E-state index is 12.6. The summed E-state index contributed by atoms with van der Waals surface area (Å²) in [6.07, 6.45) is -2.55. The predicted octanol–water partition coefficient (Wildman–Crippen LogP) is 2.22. The molecule has 0 aromatic carbocycles. The zero-order valence-electron chi connectivity index (χ0n) is 9.05. The highest BCUT2D eigenvalue weighted by molar-refractivity contribution is 5.46. The predicted molar refractivity (Wildman–Crippen MR) is 55.6 cm³/mol. The molecule has 0 atom stereocenters. The molecule has 0 aliphatic heterocycles. The number of nitrogens with zero attached hydrogens (tertiary/aromatic N) is 2. The van der Waals surface area contributed by atoms with Crippen molar-refractivity contribution < 1.29 is 17.6 Å². The summed E-state index contributed by atoms with van der Waals surface area (Å²) in [6.45, 7) is 1.26. The Labute approximate surface area is 95.5 Å². The van der Waals surface area contributed by atoms with Crippen molar-refractivity contribution in [2.75, 3.05) is 23.7 Å². The molecule has 0 saturated carbocycles. The van der Waals surface area contributed by atoms with Gasteiger partial charge in [-0.1, -0.05) is 0 Å². The molecular weight excluding hydrogens is 240 g/mol. The number of halogens is 4. The lowest BCUT2D eigenvalue weighted by Gasteiger charge is -2.16. The van der Waals surface area contributed by atoms with Crippen molar-refractivity contribution in [3.05, 3.63) is 12.4 Å². The van der Waals surface area contributed by atoms with Gasteiger partial charge in [-0.25, -0.2) is 18.7 Å². The summed E-state index contributed by atoms with van der Waals surface area (Å²) in [6, 6.07) is 1.37. The van der Waals surface area contributed by atoms with Crippen LogP contribution in [-0.2, 0) is 0 Å². The van der Waals surface area contributed by atoms with E-state index in [0.29, 0.717) is 12.4 Å². The first-order valence-electron chi connectivity index (χ1n) is 4.91. The molecule has 0 fully saturated rings. The third-order valence-electron chi connectivity index (χ3n) is 1.85. The van der Waals surface area contributed by atoms with Crippen LogP contribution in [0, 0.1) is 0 Å². The lowest BCUT2D eigenvalue weighted by Crippen LogP contribution is -2.35. The highest BCUT2D eigenvalue weighted by Crippen LogP contribution is 2.23. The van der Waals surface area contributed by atoms with E-state index >= 15 is 0 Å². The average Bonchev–Trinajstić information content (AvgIpc) is 2.27. The zero-order valence-corrected chi connectivity index (χ0v) is 9.05. The summed E-state index contributed by atoms with van der Waals surface area (Å²) >= 11 is 0. The molecule has 8 heteroatoms. The summed E-state index contributed by atoms with van der Waals surface area (Å²) in [5, 5.41) is 4.99.